The molecule has 1 aromatic carbocycles. The second kappa shape index (κ2) is 18.7. The van der Waals surface area contributed by atoms with Gasteiger partial charge < -0.3 is 26.6 Å². The maximum Gasteiger partial charge on any atom is 0.504 e. The smallest absolute Gasteiger partial charge is 0.377 e. The fraction of sp³-hybridized carbons (Fsp3) is 0.667. The van der Waals surface area contributed by atoms with E-state index in [9.17, 15) is 4.79 Å². The Morgan fingerprint density at radius 1 is 0.853 bits per heavy atom. The molecule has 34 heavy (non-hydrogen) atoms. The first kappa shape index (κ1) is 32.5. The molecule has 0 aromatic heterocycles. The predicted molar refractivity (Wildman–Crippen MR) is 151 cm³/mol. The first-order chi connectivity index (χ1) is 16.5. The molecule has 0 fully saturated rings. The van der Waals surface area contributed by atoms with Gasteiger partial charge in [0.2, 0.25) is 5.12 Å². The lowest BCUT2D eigenvalue weighted by Crippen LogP contribution is -2.52. The summed E-state index contributed by atoms with van der Waals surface area (Å²) < 4.78 is 35.6. The van der Waals surface area contributed by atoms with E-state index >= 15 is 0 Å². The molecule has 196 valence electrons. The highest BCUT2D eigenvalue weighted by atomic mass is 33.7. The molecule has 0 bridgehead atoms. The van der Waals surface area contributed by atoms with Crippen LogP contribution in [0.25, 0.3) is 0 Å². The van der Waals surface area contributed by atoms with Crippen molar-refractivity contribution in [1.29, 1.82) is 0 Å². The summed E-state index contributed by atoms with van der Waals surface area (Å²) in [7, 11) is 5.29. The highest BCUT2D eigenvalue weighted by molar-refractivity contribution is 9.27. The molecule has 1 atom stereocenters. The molecule has 1 rings (SSSR count). The summed E-state index contributed by atoms with van der Waals surface area (Å²) in [6, 6.07) is 9.98. The van der Waals surface area contributed by atoms with E-state index in [1.54, 1.807) is 41.9 Å². The second-order valence-electron chi connectivity index (χ2n) is 6.92. The third-order valence-corrected chi connectivity index (χ3v) is 17.5. The molecule has 1 unspecified atom stereocenters. The van der Waals surface area contributed by atoms with Crippen LogP contribution in [0.2, 0.25) is 11.6 Å². The van der Waals surface area contributed by atoms with Crippen molar-refractivity contribution in [3.63, 3.8) is 0 Å². The topological polar surface area (TPSA) is 72.5 Å². The van der Waals surface area contributed by atoms with E-state index in [-0.39, 0.29) is 10.7 Å². The van der Waals surface area contributed by atoms with Crippen molar-refractivity contribution in [3.05, 3.63) is 35.9 Å². The fourth-order valence-electron chi connectivity index (χ4n) is 3.40. The molecule has 0 heterocycles. The Labute approximate surface area is 222 Å². The van der Waals surface area contributed by atoms with Crippen molar-refractivity contribution in [2.45, 2.75) is 45.2 Å². The number of hydrogen-bond donors (Lipinski definition) is 0. The molecular weight excluding hydrogens is 549 g/mol. The lowest BCUT2D eigenvalue weighted by molar-refractivity contribution is 0.0587. The Morgan fingerprint density at radius 3 is 1.91 bits per heavy atom. The highest BCUT2D eigenvalue weighted by Crippen LogP contribution is 2.46. The zero-order valence-corrected chi connectivity index (χ0v) is 26.2. The van der Waals surface area contributed by atoms with Crippen molar-refractivity contribution in [1.82, 2.24) is 0 Å². The molecular formula is C21H38O7S4Si2. The first-order valence-corrected chi connectivity index (χ1v) is 20.0. The Hall–Kier alpha value is 0.484. The third-order valence-electron chi connectivity index (χ3n) is 5.01. The van der Waals surface area contributed by atoms with Crippen LogP contribution in [0.5, 0.6) is 0 Å². The lowest BCUT2D eigenvalue weighted by Gasteiger charge is -2.36. The molecule has 7 nitrogen and oxygen atoms in total. The minimum Gasteiger partial charge on any atom is -0.377 e. The van der Waals surface area contributed by atoms with Gasteiger partial charge in [0.15, 0.2) is 0 Å². The van der Waals surface area contributed by atoms with Gasteiger partial charge in [-0.15, -0.1) is 0 Å². The molecule has 0 N–H and O–H groups in total. The summed E-state index contributed by atoms with van der Waals surface area (Å²) in [5.74, 6) is 0.867. The number of carbonyl (C=O) groups is 1. The van der Waals surface area contributed by atoms with Gasteiger partial charge in [0.25, 0.3) is 0 Å². The Balaban J connectivity index is 2.74. The summed E-state index contributed by atoms with van der Waals surface area (Å²) in [6.45, 7) is 7.49. The normalized spacial score (nSPS) is 13.2. The van der Waals surface area contributed by atoms with Gasteiger partial charge in [0.05, 0.1) is 0 Å². The average molecular weight is 587 g/mol. The van der Waals surface area contributed by atoms with Crippen LogP contribution in [-0.2, 0) is 26.6 Å². The van der Waals surface area contributed by atoms with Gasteiger partial charge in [0, 0.05) is 64.1 Å². The van der Waals surface area contributed by atoms with Crippen LogP contribution < -0.4 is 0 Å². The minimum atomic E-state index is -2.93. The van der Waals surface area contributed by atoms with Gasteiger partial charge in [-0.2, -0.15) is 0 Å². The van der Waals surface area contributed by atoms with E-state index in [2.05, 4.69) is 0 Å². The zero-order valence-electron chi connectivity index (χ0n) is 20.9. The summed E-state index contributed by atoms with van der Waals surface area (Å²) in [5.41, 5.74) is 0.796. The van der Waals surface area contributed by atoms with Crippen LogP contribution in [0, 0.1) is 0 Å². The summed E-state index contributed by atoms with van der Waals surface area (Å²) in [4.78, 5) is 12.2. The fourth-order valence-corrected chi connectivity index (χ4v) is 14.4. The number of benzene rings is 1. The van der Waals surface area contributed by atoms with Crippen LogP contribution in [0.1, 0.15) is 44.0 Å². The summed E-state index contributed by atoms with van der Waals surface area (Å²) in [6.07, 6.45) is 1.61. The molecule has 1 aromatic rings. The van der Waals surface area contributed by atoms with Gasteiger partial charge >= 0.3 is 17.6 Å². The molecule has 0 saturated carbocycles. The van der Waals surface area contributed by atoms with Crippen LogP contribution in [0.3, 0.4) is 0 Å². The predicted octanol–water partition coefficient (Wildman–Crippen LogP) is 6.58. The van der Waals surface area contributed by atoms with Crippen LogP contribution >= 0.6 is 41.2 Å². The number of rotatable bonds is 20. The van der Waals surface area contributed by atoms with E-state index in [0.717, 1.165) is 18.6 Å². The van der Waals surface area contributed by atoms with Crippen molar-refractivity contribution >= 4 is 64.0 Å². The molecule has 0 spiro atoms. The monoisotopic (exact) mass is 586 g/mol. The minimum absolute atomic E-state index is 0.0621. The quantitative estimate of drug-likeness (QED) is 0.0945. The maximum absolute atomic E-state index is 12.2. The zero-order chi connectivity index (χ0) is 25.3. The molecule has 0 radical (unpaired) electrons. The van der Waals surface area contributed by atoms with Crippen molar-refractivity contribution in [2.24, 2.45) is 0 Å². The van der Waals surface area contributed by atoms with Gasteiger partial charge in [-0.3, -0.25) is 4.79 Å². The van der Waals surface area contributed by atoms with Crippen LogP contribution in [-0.4, -0.2) is 69.6 Å². The van der Waals surface area contributed by atoms with Gasteiger partial charge in [-0.25, -0.2) is 0 Å². The largest absolute Gasteiger partial charge is 0.504 e. The molecule has 0 aliphatic heterocycles. The average Bonchev–Trinajstić information content (AvgIpc) is 2.86. The van der Waals surface area contributed by atoms with Crippen molar-refractivity contribution in [3.8, 4) is 0 Å². The highest BCUT2D eigenvalue weighted by Gasteiger charge is 2.50. The van der Waals surface area contributed by atoms with Crippen molar-refractivity contribution in [2.75, 3.05) is 46.9 Å². The molecule has 0 aliphatic rings. The third kappa shape index (κ3) is 10.8. The first-order valence-electron chi connectivity index (χ1n) is 11.3. The molecule has 13 heteroatoms. The van der Waals surface area contributed by atoms with E-state index in [1.165, 1.54) is 20.6 Å². The van der Waals surface area contributed by atoms with E-state index in [4.69, 9.17) is 26.6 Å². The number of hydrogen-bond acceptors (Lipinski definition) is 11. The van der Waals surface area contributed by atoms with Crippen LogP contribution in [0.4, 0.5) is 0 Å². The van der Waals surface area contributed by atoms with Crippen molar-refractivity contribution < 1.29 is 31.4 Å². The summed E-state index contributed by atoms with van der Waals surface area (Å²) in [5, 5.41) is 0.0621. The Kier molecular flexibility index (Phi) is 17.9. The van der Waals surface area contributed by atoms with E-state index in [1.807, 2.05) is 51.1 Å². The Bertz CT molecular complexity index is 646. The summed E-state index contributed by atoms with van der Waals surface area (Å²) >= 11 is 0. The lowest BCUT2D eigenvalue weighted by atomic mass is 10.2. The second-order valence-corrected chi connectivity index (χ2v) is 18.8. The molecule has 0 amide bonds. The Morgan fingerprint density at radius 2 is 1.41 bits per heavy atom. The van der Waals surface area contributed by atoms with Gasteiger partial charge in [-0.05, 0) is 64.1 Å². The molecule has 0 aliphatic carbocycles. The number of carbonyl (C=O) groups excluding carboxylic acids is 1. The van der Waals surface area contributed by atoms with Gasteiger partial charge in [0.1, 0.15) is 0 Å². The molecule has 0 saturated heterocycles. The maximum atomic E-state index is 12.2. The van der Waals surface area contributed by atoms with Crippen LogP contribution in [0.15, 0.2) is 30.3 Å². The standard InChI is InChI=1S/C21H38O7S4Si2/c1-7-26-34(27-8-2,28-9-3)20(16-18-33(23-4,24-5)25-6)15-17-29-31-32-30-21(22)19-13-11-10-12-14-19/h10-14,20H,7-9,15-18H2,1-6H3. The van der Waals surface area contributed by atoms with E-state index < -0.39 is 17.6 Å². The SMILES string of the molecule is CCO[Si](OCC)(OCC)C(CCSSSSC(=O)c1ccccc1)CC[Si](OC)(OC)OC. The van der Waals surface area contributed by atoms with E-state index in [0.29, 0.717) is 31.4 Å². The van der Waals surface area contributed by atoms with Gasteiger partial charge in [-0.1, -0.05) is 41.1 Å².